The number of nitrogens with one attached hydrogen (secondary N) is 2. The maximum atomic E-state index is 13.8. The van der Waals surface area contributed by atoms with Gasteiger partial charge in [-0.2, -0.15) is 0 Å². The highest BCUT2D eigenvalue weighted by Crippen LogP contribution is 2.33. The number of anilines is 2. The van der Waals surface area contributed by atoms with E-state index in [1.807, 2.05) is 108 Å². The van der Waals surface area contributed by atoms with E-state index in [0.29, 0.717) is 43.5 Å². The van der Waals surface area contributed by atoms with Gasteiger partial charge in [-0.05, 0) is 139 Å². The number of fused-ring (bicyclic) bond motifs is 1. The van der Waals surface area contributed by atoms with Crippen molar-refractivity contribution in [3.8, 4) is 11.3 Å². The average molecular weight is 728 g/mol. The molecule has 3 aromatic carbocycles. The van der Waals surface area contributed by atoms with Crippen molar-refractivity contribution in [3.63, 3.8) is 0 Å². The van der Waals surface area contributed by atoms with E-state index in [4.69, 9.17) is 4.74 Å². The van der Waals surface area contributed by atoms with Crippen LogP contribution in [-0.2, 0) is 16.1 Å². The first-order chi connectivity index (χ1) is 25.9. The molecular formula is C45H53N5O4. The molecule has 0 atom stereocenters. The van der Waals surface area contributed by atoms with E-state index in [1.165, 1.54) is 19.3 Å². The highest BCUT2D eigenvalue weighted by atomic mass is 16.5. The lowest BCUT2D eigenvalue weighted by atomic mass is 9.99. The smallest absolute Gasteiger partial charge is 0.255 e. The fourth-order valence-corrected chi connectivity index (χ4v) is 7.15. The molecule has 5 aromatic rings. The van der Waals surface area contributed by atoms with Crippen molar-refractivity contribution in [3.05, 3.63) is 114 Å². The van der Waals surface area contributed by atoms with Crippen molar-refractivity contribution in [1.82, 2.24) is 14.9 Å². The Morgan fingerprint density at radius 3 is 2.46 bits per heavy atom. The van der Waals surface area contributed by atoms with Gasteiger partial charge in [0.1, 0.15) is 6.29 Å². The normalized spacial score (nSPS) is 13.5. The van der Waals surface area contributed by atoms with Crippen LogP contribution >= 0.6 is 0 Å². The second-order valence-corrected chi connectivity index (χ2v) is 15.7. The topological polar surface area (TPSA) is 106 Å². The Kier molecular flexibility index (Phi) is 12.0. The number of piperidine rings is 1. The summed E-state index contributed by atoms with van der Waals surface area (Å²) < 4.78 is 8.15. The van der Waals surface area contributed by atoms with Crippen molar-refractivity contribution in [2.75, 3.05) is 29.9 Å². The third-order valence-corrected chi connectivity index (χ3v) is 10.3. The van der Waals surface area contributed by atoms with E-state index in [9.17, 15) is 14.4 Å². The highest BCUT2D eigenvalue weighted by Gasteiger charge is 2.25. The fourth-order valence-electron chi connectivity index (χ4n) is 7.15. The molecular weight excluding hydrogens is 675 g/mol. The number of aryl methyl sites for hydroxylation is 1. The molecule has 0 saturated carbocycles. The number of pyridine rings is 1. The molecule has 1 fully saturated rings. The number of aromatic nitrogens is 2. The standard InChI is InChI=1S/C45H53N5O4/c1-32-18-22-46-40(28-32)38-30-35(49-23-7-6-8-24-49)16-17-39(38)47-42(52)34-13-9-12-33(29-34)31-50-25-19-36-37(14-10-15-41(36)50)43(53)48-44(2,3)21-27-54-45(4,5)20-11-26-51/h9-10,12-19,22,25-26,28-30H,6-8,11,20-21,23-24,27,31H2,1-5H3,(H,47,52)(H,48,53). The summed E-state index contributed by atoms with van der Waals surface area (Å²) in [6, 6.07) is 25.7. The second-order valence-electron chi connectivity index (χ2n) is 15.7. The predicted octanol–water partition coefficient (Wildman–Crippen LogP) is 8.98. The molecule has 1 saturated heterocycles. The van der Waals surface area contributed by atoms with Crippen molar-refractivity contribution >= 4 is 40.4 Å². The van der Waals surface area contributed by atoms with E-state index in [1.54, 1.807) is 0 Å². The number of amides is 2. The van der Waals surface area contributed by atoms with Gasteiger partial charge in [-0.3, -0.25) is 14.6 Å². The van der Waals surface area contributed by atoms with Gasteiger partial charge in [-0.1, -0.05) is 18.2 Å². The van der Waals surface area contributed by atoms with Gasteiger partial charge in [0.15, 0.2) is 0 Å². The van der Waals surface area contributed by atoms with Crippen LogP contribution < -0.4 is 15.5 Å². The maximum Gasteiger partial charge on any atom is 0.255 e. The molecule has 0 unspecified atom stereocenters. The van der Waals surface area contributed by atoms with Gasteiger partial charge < -0.3 is 29.6 Å². The number of carbonyl (C=O) groups excluding carboxylic acids is 3. The molecule has 1 aliphatic heterocycles. The number of carbonyl (C=O) groups is 3. The van der Waals surface area contributed by atoms with Gasteiger partial charge in [0.05, 0.1) is 17.0 Å². The van der Waals surface area contributed by atoms with Crippen LogP contribution in [-0.4, -0.2) is 58.5 Å². The number of aldehydes is 1. The summed E-state index contributed by atoms with van der Waals surface area (Å²) in [5, 5.41) is 7.24. The van der Waals surface area contributed by atoms with Crippen molar-refractivity contribution in [2.24, 2.45) is 0 Å². The van der Waals surface area contributed by atoms with Crippen LogP contribution in [0.25, 0.3) is 22.2 Å². The summed E-state index contributed by atoms with van der Waals surface area (Å²) in [6.45, 7) is 13.1. The predicted molar refractivity (Wildman–Crippen MR) is 217 cm³/mol. The zero-order chi connectivity index (χ0) is 38.3. The van der Waals surface area contributed by atoms with E-state index < -0.39 is 11.1 Å². The zero-order valence-corrected chi connectivity index (χ0v) is 32.3. The molecule has 6 rings (SSSR count). The summed E-state index contributed by atoms with van der Waals surface area (Å²) in [5.41, 5.74) is 6.86. The lowest BCUT2D eigenvalue weighted by molar-refractivity contribution is -0.109. The second kappa shape index (κ2) is 16.8. The SMILES string of the molecule is Cc1ccnc(-c2cc(N3CCCCC3)ccc2NC(=O)c2cccc(Cn3ccc4c(C(=O)NC(C)(C)CCOC(C)(C)CCC=O)cccc43)c2)c1. The van der Waals surface area contributed by atoms with Crippen LogP contribution in [0.4, 0.5) is 11.4 Å². The Labute approximate surface area is 319 Å². The molecule has 2 aromatic heterocycles. The zero-order valence-electron chi connectivity index (χ0n) is 32.3. The minimum Gasteiger partial charge on any atom is -0.375 e. The highest BCUT2D eigenvalue weighted by molar-refractivity contribution is 6.07. The molecule has 2 amide bonds. The van der Waals surface area contributed by atoms with Crippen molar-refractivity contribution in [1.29, 1.82) is 0 Å². The number of benzene rings is 3. The number of ether oxygens (including phenoxy) is 1. The summed E-state index contributed by atoms with van der Waals surface area (Å²) in [5.74, 6) is -0.336. The van der Waals surface area contributed by atoms with Crippen molar-refractivity contribution in [2.45, 2.75) is 90.8 Å². The minimum atomic E-state index is -0.504. The van der Waals surface area contributed by atoms with Gasteiger partial charge in [-0.15, -0.1) is 0 Å². The Morgan fingerprint density at radius 1 is 0.889 bits per heavy atom. The molecule has 0 spiro atoms. The third-order valence-electron chi connectivity index (χ3n) is 10.3. The van der Waals surface area contributed by atoms with Gasteiger partial charge in [0.25, 0.3) is 11.8 Å². The third kappa shape index (κ3) is 9.63. The molecule has 3 heterocycles. The van der Waals surface area contributed by atoms with Crippen LogP contribution in [0.2, 0.25) is 0 Å². The molecule has 1 aliphatic rings. The Morgan fingerprint density at radius 2 is 1.69 bits per heavy atom. The minimum absolute atomic E-state index is 0.147. The number of rotatable bonds is 15. The molecule has 0 bridgehead atoms. The van der Waals surface area contributed by atoms with Crippen LogP contribution in [0.15, 0.2) is 91.3 Å². The Balaban J connectivity index is 1.15. The van der Waals surface area contributed by atoms with Crippen LogP contribution in [0, 0.1) is 6.92 Å². The largest absolute Gasteiger partial charge is 0.375 e. The van der Waals surface area contributed by atoms with E-state index in [2.05, 4.69) is 43.3 Å². The average Bonchev–Trinajstić information content (AvgIpc) is 3.56. The summed E-state index contributed by atoms with van der Waals surface area (Å²) in [4.78, 5) is 45.3. The van der Waals surface area contributed by atoms with E-state index >= 15 is 0 Å². The number of hydrogen-bond donors (Lipinski definition) is 2. The molecule has 9 heteroatoms. The van der Waals surface area contributed by atoms with Gasteiger partial charge in [0, 0.05) is 83.9 Å². The molecule has 0 aliphatic carbocycles. The fraction of sp³-hybridized carbons (Fsp3) is 0.378. The first-order valence-electron chi connectivity index (χ1n) is 19.1. The first kappa shape index (κ1) is 38.4. The summed E-state index contributed by atoms with van der Waals surface area (Å²) >= 11 is 0. The van der Waals surface area contributed by atoms with Crippen molar-refractivity contribution < 1.29 is 19.1 Å². The van der Waals surface area contributed by atoms with Gasteiger partial charge in [0.2, 0.25) is 0 Å². The molecule has 9 nitrogen and oxygen atoms in total. The lowest BCUT2D eigenvalue weighted by Gasteiger charge is -2.30. The molecule has 54 heavy (non-hydrogen) atoms. The van der Waals surface area contributed by atoms with Gasteiger partial charge >= 0.3 is 0 Å². The monoisotopic (exact) mass is 727 g/mol. The number of nitrogens with zero attached hydrogens (tertiary/aromatic N) is 3. The van der Waals surface area contributed by atoms with E-state index in [0.717, 1.165) is 64.0 Å². The molecule has 282 valence electrons. The Bertz CT molecular complexity index is 2110. The first-order valence-corrected chi connectivity index (χ1v) is 19.1. The maximum absolute atomic E-state index is 13.8. The lowest BCUT2D eigenvalue weighted by Crippen LogP contribution is -2.44. The van der Waals surface area contributed by atoms with Gasteiger partial charge in [-0.25, -0.2) is 0 Å². The molecule has 2 N–H and O–H groups in total. The molecule has 0 radical (unpaired) electrons. The number of hydrogen-bond acceptors (Lipinski definition) is 6. The summed E-state index contributed by atoms with van der Waals surface area (Å²) in [6.07, 6.45) is 10.1. The van der Waals surface area contributed by atoms with Crippen LogP contribution in [0.1, 0.15) is 98.1 Å². The Hall–Kier alpha value is -5.28. The van der Waals surface area contributed by atoms with Crippen LogP contribution in [0.5, 0.6) is 0 Å². The van der Waals surface area contributed by atoms with E-state index in [-0.39, 0.29) is 11.8 Å². The quantitative estimate of drug-likeness (QED) is 0.104. The van der Waals surface area contributed by atoms with Crippen LogP contribution in [0.3, 0.4) is 0 Å². The summed E-state index contributed by atoms with van der Waals surface area (Å²) in [7, 11) is 0.